The number of carbonyl (C=O) groups is 1. The molecule has 1 unspecified atom stereocenters. The number of rotatable bonds is 6. The van der Waals surface area contributed by atoms with Gasteiger partial charge in [-0.05, 0) is 31.7 Å². The molecule has 1 atom stereocenters. The van der Waals surface area contributed by atoms with Crippen LogP contribution in [0.5, 0.6) is 0 Å². The summed E-state index contributed by atoms with van der Waals surface area (Å²) in [6.07, 6.45) is 0.909. The number of aromatic nitrogens is 2. The molecular formula is C25H28N4O2. The highest BCUT2D eigenvalue weighted by Crippen LogP contribution is 2.37. The minimum atomic E-state index is -0.354. The molecule has 0 aliphatic carbocycles. The molecule has 0 fully saturated rings. The average molecular weight is 417 g/mol. The van der Waals surface area contributed by atoms with Crippen molar-refractivity contribution in [2.75, 3.05) is 6.54 Å². The van der Waals surface area contributed by atoms with Crippen molar-refractivity contribution in [2.45, 2.75) is 40.2 Å². The van der Waals surface area contributed by atoms with Gasteiger partial charge >= 0.3 is 6.03 Å². The van der Waals surface area contributed by atoms with E-state index >= 15 is 0 Å². The highest BCUT2D eigenvalue weighted by molar-refractivity contribution is 5.86. The largest absolute Gasteiger partial charge is 0.334 e. The van der Waals surface area contributed by atoms with E-state index in [4.69, 9.17) is 4.52 Å². The summed E-state index contributed by atoms with van der Waals surface area (Å²) < 4.78 is 5.72. The van der Waals surface area contributed by atoms with E-state index in [9.17, 15) is 4.79 Å². The van der Waals surface area contributed by atoms with Crippen molar-refractivity contribution >= 4 is 11.6 Å². The number of benzene rings is 2. The SMILES string of the molecule is CC1=C(c2nc(-c3ccccc3)no2)C(c2ccc(C)cc2)NC(=O)N1CCC(C)C. The molecule has 1 aliphatic rings. The van der Waals surface area contributed by atoms with Gasteiger partial charge in [-0.3, -0.25) is 4.90 Å². The van der Waals surface area contributed by atoms with Crippen LogP contribution in [0.25, 0.3) is 17.0 Å². The number of carbonyl (C=O) groups excluding carboxylic acids is 1. The van der Waals surface area contributed by atoms with Crippen molar-refractivity contribution in [1.82, 2.24) is 20.4 Å². The van der Waals surface area contributed by atoms with E-state index in [2.05, 4.69) is 29.3 Å². The van der Waals surface area contributed by atoms with Crippen LogP contribution >= 0.6 is 0 Å². The third kappa shape index (κ3) is 4.38. The number of urea groups is 1. The van der Waals surface area contributed by atoms with E-state index in [0.717, 1.165) is 34.4 Å². The molecule has 0 bridgehead atoms. The van der Waals surface area contributed by atoms with E-state index in [1.54, 1.807) is 4.90 Å². The van der Waals surface area contributed by atoms with Gasteiger partial charge in [-0.1, -0.05) is 79.2 Å². The third-order valence-electron chi connectivity index (χ3n) is 5.63. The first-order chi connectivity index (χ1) is 14.9. The van der Waals surface area contributed by atoms with E-state index in [1.165, 1.54) is 0 Å². The maximum absolute atomic E-state index is 13.0. The van der Waals surface area contributed by atoms with Crippen molar-refractivity contribution < 1.29 is 9.32 Å². The minimum absolute atomic E-state index is 0.102. The second-order valence-electron chi connectivity index (χ2n) is 8.42. The van der Waals surface area contributed by atoms with Gasteiger partial charge in [0.25, 0.3) is 5.89 Å². The molecule has 0 saturated carbocycles. The molecule has 1 aliphatic heterocycles. The predicted octanol–water partition coefficient (Wildman–Crippen LogP) is 5.59. The molecule has 4 rings (SSSR count). The van der Waals surface area contributed by atoms with Gasteiger partial charge in [0.15, 0.2) is 0 Å². The Morgan fingerprint density at radius 2 is 1.77 bits per heavy atom. The second-order valence-corrected chi connectivity index (χ2v) is 8.42. The Bertz CT molecular complexity index is 1080. The van der Waals surface area contributed by atoms with Crippen LogP contribution in [0.3, 0.4) is 0 Å². The molecule has 0 radical (unpaired) electrons. The molecule has 6 nitrogen and oxygen atoms in total. The quantitative estimate of drug-likeness (QED) is 0.569. The summed E-state index contributed by atoms with van der Waals surface area (Å²) in [5.41, 5.74) is 4.71. The lowest BCUT2D eigenvalue weighted by Gasteiger charge is -2.35. The third-order valence-corrected chi connectivity index (χ3v) is 5.63. The van der Waals surface area contributed by atoms with Gasteiger partial charge < -0.3 is 9.84 Å². The topological polar surface area (TPSA) is 71.3 Å². The maximum atomic E-state index is 13.0. The summed E-state index contributed by atoms with van der Waals surface area (Å²) in [5, 5.41) is 7.36. The number of hydrogen-bond donors (Lipinski definition) is 1. The standard InChI is InChI=1S/C25H28N4O2/c1-16(2)14-15-29-18(4)21(22(26-25(29)30)19-12-10-17(3)11-13-19)24-27-23(28-31-24)20-8-6-5-7-9-20/h5-13,16,22H,14-15H2,1-4H3,(H,26,30). The zero-order valence-corrected chi connectivity index (χ0v) is 18.4. The van der Waals surface area contributed by atoms with E-state index < -0.39 is 0 Å². The van der Waals surface area contributed by atoms with Gasteiger partial charge in [0.2, 0.25) is 5.82 Å². The molecule has 2 amide bonds. The fraction of sp³-hybridized carbons (Fsp3) is 0.320. The number of nitrogens with one attached hydrogen (secondary N) is 1. The van der Waals surface area contributed by atoms with Crippen molar-refractivity contribution in [3.8, 4) is 11.4 Å². The lowest BCUT2D eigenvalue weighted by Crippen LogP contribution is -2.46. The van der Waals surface area contributed by atoms with Crippen LogP contribution in [0.15, 0.2) is 64.8 Å². The first kappa shape index (κ1) is 20.8. The zero-order valence-electron chi connectivity index (χ0n) is 18.4. The van der Waals surface area contributed by atoms with Crippen molar-refractivity contribution in [2.24, 2.45) is 5.92 Å². The van der Waals surface area contributed by atoms with Crippen LogP contribution in [0, 0.1) is 12.8 Å². The van der Waals surface area contributed by atoms with Gasteiger partial charge in [-0.2, -0.15) is 4.98 Å². The normalized spacial score (nSPS) is 16.7. The van der Waals surface area contributed by atoms with Crippen LogP contribution in [-0.4, -0.2) is 27.6 Å². The highest BCUT2D eigenvalue weighted by atomic mass is 16.5. The number of nitrogens with zero attached hydrogens (tertiary/aromatic N) is 3. The van der Waals surface area contributed by atoms with Gasteiger partial charge in [-0.25, -0.2) is 4.79 Å². The van der Waals surface area contributed by atoms with Crippen LogP contribution in [0.4, 0.5) is 4.79 Å². The highest BCUT2D eigenvalue weighted by Gasteiger charge is 2.35. The van der Waals surface area contributed by atoms with Crippen LogP contribution in [-0.2, 0) is 0 Å². The molecule has 160 valence electrons. The van der Waals surface area contributed by atoms with Gasteiger partial charge in [0, 0.05) is 17.8 Å². The summed E-state index contributed by atoms with van der Waals surface area (Å²) in [6.45, 7) is 8.95. The Morgan fingerprint density at radius 1 is 1.06 bits per heavy atom. The molecular weight excluding hydrogens is 388 g/mol. The monoisotopic (exact) mass is 416 g/mol. The number of allylic oxidation sites excluding steroid dienone is 1. The Labute approximate surface area is 183 Å². The number of amides is 2. The van der Waals surface area contributed by atoms with Gasteiger partial charge in [0.1, 0.15) is 0 Å². The molecule has 1 aromatic heterocycles. The molecule has 2 aromatic carbocycles. The van der Waals surface area contributed by atoms with Crippen molar-refractivity contribution in [3.05, 3.63) is 77.3 Å². The Hall–Kier alpha value is -3.41. The number of aryl methyl sites for hydroxylation is 1. The van der Waals surface area contributed by atoms with Crippen LogP contribution < -0.4 is 5.32 Å². The maximum Gasteiger partial charge on any atom is 0.322 e. The van der Waals surface area contributed by atoms with E-state index in [1.807, 2.05) is 68.4 Å². The molecule has 6 heteroatoms. The molecule has 1 N–H and O–H groups in total. The molecule has 0 saturated heterocycles. The van der Waals surface area contributed by atoms with Gasteiger partial charge in [-0.15, -0.1) is 0 Å². The first-order valence-electron chi connectivity index (χ1n) is 10.7. The second kappa shape index (κ2) is 8.76. The van der Waals surface area contributed by atoms with Crippen LogP contribution in [0.1, 0.15) is 50.3 Å². The zero-order chi connectivity index (χ0) is 22.0. The smallest absolute Gasteiger partial charge is 0.322 e. The molecule has 2 heterocycles. The van der Waals surface area contributed by atoms with Crippen molar-refractivity contribution in [1.29, 1.82) is 0 Å². The van der Waals surface area contributed by atoms with E-state index in [-0.39, 0.29) is 12.1 Å². The summed E-state index contributed by atoms with van der Waals surface area (Å²) in [6, 6.07) is 17.4. The molecule has 0 spiro atoms. The van der Waals surface area contributed by atoms with Crippen LogP contribution in [0.2, 0.25) is 0 Å². The number of hydrogen-bond acceptors (Lipinski definition) is 4. The fourth-order valence-electron chi connectivity index (χ4n) is 3.76. The lowest BCUT2D eigenvalue weighted by atomic mass is 9.94. The summed E-state index contributed by atoms with van der Waals surface area (Å²) in [7, 11) is 0. The average Bonchev–Trinajstić information content (AvgIpc) is 3.24. The van der Waals surface area contributed by atoms with E-state index in [0.29, 0.717) is 24.2 Å². The predicted molar refractivity (Wildman–Crippen MR) is 121 cm³/mol. The van der Waals surface area contributed by atoms with Gasteiger partial charge in [0.05, 0.1) is 11.6 Å². The Balaban J connectivity index is 1.78. The lowest BCUT2D eigenvalue weighted by molar-refractivity contribution is 0.202. The Kier molecular flexibility index (Phi) is 5.89. The summed E-state index contributed by atoms with van der Waals surface area (Å²) in [4.78, 5) is 19.5. The Morgan fingerprint density at radius 3 is 2.45 bits per heavy atom. The summed E-state index contributed by atoms with van der Waals surface area (Å²) >= 11 is 0. The minimum Gasteiger partial charge on any atom is -0.334 e. The summed E-state index contributed by atoms with van der Waals surface area (Å²) in [5.74, 6) is 1.45. The fourth-order valence-corrected chi connectivity index (χ4v) is 3.76. The first-order valence-corrected chi connectivity index (χ1v) is 10.7. The molecule has 3 aromatic rings. The van der Waals surface area contributed by atoms with Crippen molar-refractivity contribution in [3.63, 3.8) is 0 Å². The molecule has 31 heavy (non-hydrogen) atoms.